The molecule has 1 rings (SSSR count). The topological polar surface area (TPSA) is 40.9 Å². The minimum atomic E-state index is -4.63. The minimum Gasteiger partial charge on any atom is -0.293 e. The van der Waals surface area contributed by atoms with Crippen molar-refractivity contribution < 1.29 is 18.0 Å². The fraction of sp³-hybridized carbons (Fsp3) is 0.200. The SMILES string of the molecule is N#Cc1ccc(C(=O)CBr)cc1C(F)(F)F. The van der Waals surface area contributed by atoms with E-state index in [4.69, 9.17) is 5.26 Å². The third-order valence-corrected chi connectivity index (χ3v) is 2.40. The number of hydrogen-bond donors (Lipinski definition) is 0. The maximum atomic E-state index is 12.5. The van der Waals surface area contributed by atoms with E-state index in [1.165, 1.54) is 12.1 Å². The Bertz CT molecular complexity index is 462. The van der Waals surface area contributed by atoms with Gasteiger partial charge in [-0.2, -0.15) is 18.4 Å². The van der Waals surface area contributed by atoms with Gasteiger partial charge < -0.3 is 0 Å². The molecule has 0 amide bonds. The molecule has 0 saturated heterocycles. The molecule has 6 heteroatoms. The van der Waals surface area contributed by atoms with Crippen molar-refractivity contribution in [3.63, 3.8) is 0 Å². The van der Waals surface area contributed by atoms with Gasteiger partial charge in [-0.1, -0.05) is 22.0 Å². The molecule has 0 aliphatic rings. The van der Waals surface area contributed by atoms with Crippen LogP contribution >= 0.6 is 15.9 Å². The fourth-order valence-electron chi connectivity index (χ4n) is 1.13. The molecule has 84 valence electrons. The van der Waals surface area contributed by atoms with Gasteiger partial charge in [-0.05, 0) is 12.1 Å². The third kappa shape index (κ3) is 2.61. The van der Waals surface area contributed by atoms with Crippen molar-refractivity contribution in [2.24, 2.45) is 0 Å². The fourth-order valence-corrected chi connectivity index (χ4v) is 1.45. The summed E-state index contributed by atoms with van der Waals surface area (Å²) in [6.45, 7) is 0. The Labute approximate surface area is 97.8 Å². The van der Waals surface area contributed by atoms with Crippen LogP contribution in [-0.4, -0.2) is 11.1 Å². The lowest BCUT2D eigenvalue weighted by molar-refractivity contribution is -0.137. The van der Waals surface area contributed by atoms with Crippen LogP contribution in [0.4, 0.5) is 13.2 Å². The van der Waals surface area contributed by atoms with Crippen LogP contribution in [0.3, 0.4) is 0 Å². The number of halogens is 4. The van der Waals surface area contributed by atoms with E-state index < -0.39 is 23.1 Å². The van der Waals surface area contributed by atoms with Crippen LogP contribution in [0.15, 0.2) is 18.2 Å². The predicted octanol–water partition coefficient (Wildman–Crippen LogP) is 3.15. The monoisotopic (exact) mass is 291 g/mol. The van der Waals surface area contributed by atoms with Crippen molar-refractivity contribution in [2.75, 3.05) is 5.33 Å². The Hall–Kier alpha value is -1.35. The Kier molecular flexibility index (Phi) is 3.70. The van der Waals surface area contributed by atoms with Gasteiger partial charge in [0, 0.05) is 5.56 Å². The summed E-state index contributed by atoms with van der Waals surface area (Å²) in [6.07, 6.45) is -4.63. The van der Waals surface area contributed by atoms with Crippen LogP contribution in [0.2, 0.25) is 0 Å². The molecule has 0 heterocycles. The zero-order valence-electron chi connectivity index (χ0n) is 7.81. The summed E-state index contributed by atoms with van der Waals surface area (Å²) in [6, 6.07) is 4.34. The van der Waals surface area contributed by atoms with Gasteiger partial charge in [0.1, 0.15) is 0 Å². The first-order chi connectivity index (χ1) is 7.40. The second-order valence-electron chi connectivity index (χ2n) is 2.93. The molecular formula is C10H5BrF3NO. The average Bonchev–Trinajstić information content (AvgIpc) is 2.26. The maximum absolute atomic E-state index is 12.5. The summed E-state index contributed by atoms with van der Waals surface area (Å²) >= 11 is 2.87. The van der Waals surface area contributed by atoms with Gasteiger partial charge >= 0.3 is 6.18 Å². The number of alkyl halides is 4. The van der Waals surface area contributed by atoms with Gasteiger partial charge in [0.05, 0.1) is 22.5 Å². The highest BCUT2D eigenvalue weighted by atomic mass is 79.9. The Morgan fingerprint density at radius 3 is 2.50 bits per heavy atom. The molecule has 2 nitrogen and oxygen atoms in total. The predicted molar refractivity (Wildman–Crippen MR) is 54.3 cm³/mol. The van der Waals surface area contributed by atoms with E-state index in [0.29, 0.717) is 6.07 Å². The molecular weight excluding hydrogens is 287 g/mol. The minimum absolute atomic E-state index is 0.0593. The van der Waals surface area contributed by atoms with Crippen molar-refractivity contribution >= 4 is 21.7 Å². The lowest BCUT2D eigenvalue weighted by Crippen LogP contribution is -2.10. The van der Waals surface area contributed by atoms with E-state index in [9.17, 15) is 18.0 Å². The van der Waals surface area contributed by atoms with Crippen molar-refractivity contribution in [3.05, 3.63) is 34.9 Å². The Morgan fingerprint density at radius 1 is 1.44 bits per heavy atom. The summed E-state index contributed by atoms with van der Waals surface area (Å²) in [5.41, 5.74) is -1.64. The van der Waals surface area contributed by atoms with Crippen molar-refractivity contribution in [1.29, 1.82) is 5.26 Å². The van der Waals surface area contributed by atoms with Crippen LogP contribution in [-0.2, 0) is 6.18 Å². The molecule has 1 aromatic rings. The van der Waals surface area contributed by atoms with Crippen molar-refractivity contribution in [2.45, 2.75) is 6.18 Å². The summed E-state index contributed by atoms with van der Waals surface area (Å²) in [5, 5.41) is 8.46. The molecule has 0 spiro atoms. The molecule has 16 heavy (non-hydrogen) atoms. The van der Waals surface area contributed by atoms with Crippen LogP contribution < -0.4 is 0 Å². The number of benzene rings is 1. The zero-order chi connectivity index (χ0) is 12.3. The molecule has 0 aliphatic carbocycles. The number of Topliss-reactive ketones (excluding diaryl/α,β-unsaturated/α-hetero) is 1. The van der Waals surface area contributed by atoms with E-state index in [-0.39, 0.29) is 10.9 Å². The van der Waals surface area contributed by atoms with E-state index in [1.54, 1.807) is 0 Å². The second kappa shape index (κ2) is 4.66. The summed E-state index contributed by atoms with van der Waals surface area (Å²) in [4.78, 5) is 11.2. The van der Waals surface area contributed by atoms with Gasteiger partial charge in [-0.25, -0.2) is 0 Å². The average molecular weight is 292 g/mol. The van der Waals surface area contributed by atoms with Crippen LogP contribution in [0.25, 0.3) is 0 Å². The number of carbonyl (C=O) groups is 1. The second-order valence-corrected chi connectivity index (χ2v) is 3.49. The largest absolute Gasteiger partial charge is 0.417 e. The number of rotatable bonds is 2. The molecule has 0 radical (unpaired) electrons. The van der Waals surface area contributed by atoms with Gasteiger partial charge in [0.15, 0.2) is 5.78 Å². The molecule has 0 saturated carbocycles. The highest BCUT2D eigenvalue weighted by molar-refractivity contribution is 9.09. The summed E-state index contributed by atoms with van der Waals surface area (Å²) < 4.78 is 37.5. The first-order valence-electron chi connectivity index (χ1n) is 4.10. The van der Waals surface area contributed by atoms with E-state index >= 15 is 0 Å². The summed E-state index contributed by atoms with van der Waals surface area (Å²) in [7, 11) is 0. The van der Waals surface area contributed by atoms with Crippen molar-refractivity contribution in [1.82, 2.24) is 0 Å². The molecule has 0 fully saturated rings. The van der Waals surface area contributed by atoms with Gasteiger partial charge in [0.25, 0.3) is 0 Å². The number of ketones is 1. The number of carbonyl (C=O) groups excluding carboxylic acids is 1. The van der Waals surface area contributed by atoms with Crippen LogP contribution in [0, 0.1) is 11.3 Å². The molecule has 0 N–H and O–H groups in total. The normalized spacial score (nSPS) is 10.9. The van der Waals surface area contributed by atoms with E-state index in [0.717, 1.165) is 6.07 Å². The Morgan fingerprint density at radius 2 is 2.06 bits per heavy atom. The lowest BCUT2D eigenvalue weighted by atomic mass is 10.0. The zero-order valence-corrected chi connectivity index (χ0v) is 9.39. The number of nitriles is 1. The van der Waals surface area contributed by atoms with Crippen molar-refractivity contribution in [3.8, 4) is 6.07 Å². The van der Waals surface area contributed by atoms with E-state index in [2.05, 4.69) is 15.9 Å². The molecule has 1 aromatic carbocycles. The van der Waals surface area contributed by atoms with Gasteiger partial charge in [-0.3, -0.25) is 4.79 Å². The number of hydrogen-bond acceptors (Lipinski definition) is 2. The molecule has 0 aromatic heterocycles. The van der Waals surface area contributed by atoms with Crippen LogP contribution in [0.1, 0.15) is 21.5 Å². The first-order valence-corrected chi connectivity index (χ1v) is 5.22. The molecule has 0 atom stereocenters. The number of nitrogens with zero attached hydrogens (tertiary/aromatic N) is 1. The summed E-state index contributed by atoms with van der Waals surface area (Å²) in [5.74, 6) is -0.463. The van der Waals surface area contributed by atoms with Gasteiger partial charge in [-0.15, -0.1) is 0 Å². The highest BCUT2D eigenvalue weighted by Gasteiger charge is 2.34. The molecule has 0 aliphatic heterocycles. The van der Waals surface area contributed by atoms with Gasteiger partial charge in [0.2, 0.25) is 0 Å². The van der Waals surface area contributed by atoms with Crippen LogP contribution in [0.5, 0.6) is 0 Å². The third-order valence-electron chi connectivity index (χ3n) is 1.89. The first kappa shape index (κ1) is 12.7. The molecule has 0 bridgehead atoms. The molecule has 0 unspecified atom stereocenters. The Balaban J connectivity index is 3.34. The smallest absolute Gasteiger partial charge is 0.293 e. The maximum Gasteiger partial charge on any atom is 0.417 e. The highest BCUT2D eigenvalue weighted by Crippen LogP contribution is 2.32. The lowest BCUT2D eigenvalue weighted by Gasteiger charge is -2.09. The standard InChI is InChI=1S/C10H5BrF3NO/c11-4-9(16)6-1-2-7(5-15)8(3-6)10(12,13)14/h1-3H,4H2. The quantitative estimate of drug-likeness (QED) is 0.620. The van der Waals surface area contributed by atoms with E-state index in [1.807, 2.05) is 0 Å².